The molecular formula is C13H22N2O4S2. The van der Waals surface area contributed by atoms with Crippen LogP contribution in [0.25, 0.3) is 0 Å². The molecule has 0 bridgehead atoms. The number of rotatable bonds is 7. The monoisotopic (exact) mass is 334 g/mol. The topological polar surface area (TPSA) is 76.7 Å². The van der Waals surface area contributed by atoms with E-state index in [1.54, 1.807) is 0 Å². The third-order valence-corrected chi connectivity index (χ3v) is 6.07. The van der Waals surface area contributed by atoms with Crippen molar-refractivity contribution in [2.45, 2.75) is 31.4 Å². The molecule has 0 amide bonds. The van der Waals surface area contributed by atoms with Gasteiger partial charge in [-0.05, 0) is 24.4 Å². The molecule has 8 heteroatoms. The van der Waals surface area contributed by atoms with E-state index in [0.717, 1.165) is 17.0 Å². The molecule has 6 nitrogen and oxygen atoms in total. The van der Waals surface area contributed by atoms with Crippen molar-refractivity contribution >= 4 is 21.4 Å². The first-order chi connectivity index (χ1) is 10.0. The Balaban J connectivity index is 2.05. The van der Waals surface area contributed by atoms with Gasteiger partial charge in [-0.15, -0.1) is 11.3 Å². The molecule has 120 valence electrons. The third-order valence-electron chi connectivity index (χ3n) is 3.18. The number of sulfonamides is 1. The average Bonchev–Trinajstić information content (AvgIpc) is 2.86. The van der Waals surface area contributed by atoms with Gasteiger partial charge in [-0.25, -0.2) is 13.1 Å². The van der Waals surface area contributed by atoms with Crippen LogP contribution in [0, 0.1) is 6.92 Å². The van der Waals surface area contributed by atoms with Crippen molar-refractivity contribution in [1.29, 1.82) is 0 Å². The van der Waals surface area contributed by atoms with Crippen LogP contribution in [0.1, 0.15) is 17.4 Å². The first-order valence-corrected chi connectivity index (χ1v) is 9.37. The summed E-state index contributed by atoms with van der Waals surface area (Å²) in [4.78, 5) is 1.23. The normalized spacial score (nSPS) is 19.8. The van der Waals surface area contributed by atoms with E-state index in [1.165, 1.54) is 11.3 Å². The molecule has 0 saturated carbocycles. The van der Waals surface area contributed by atoms with Gasteiger partial charge in [-0.2, -0.15) is 0 Å². The van der Waals surface area contributed by atoms with E-state index in [4.69, 9.17) is 9.47 Å². The quantitative estimate of drug-likeness (QED) is 0.773. The number of hydrogen-bond acceptors (Lipinski definition) is 6. The van der Waals surface area contributed by atoms with E-state index in [2.05, 4.69) is 10.0 Å². The molecule has 1 atom stereocenters. The van der Waals surface area contributed by atoms with Crippen LogP contribution in [0.15, 0.2) is 10.3 Å². The number of ether oxygens (including phenoxy) is 2. The van der Waals surface area contributed by atoms with E-state index in [1.807, 2.05) is 19.2 Å². The maximum Gasteiger partial charge on any atom is 0.242 e. The lowest BCUT2D eigenvalue weighted by Gasteiger charge is -2.23. The molecule has 1 aliphatic rings. The van der Waals surface area contributed by atoms with Gasteiger partial charge >= 0.3 is 0 Å². The second-order valence-corrected chi connectivity index (χ2v) is 7.54. The predicted molar refractivity (Wildman–Crippen MR) is 82.2 cm³/mol. The molecular weight excluding hydrogens is 312 g/mol. The van der Waals surface area contributed by atoms with Crippen molar-refractivity contribution < 1.29 is 17.9 Å². The van der Waals surface area contributed by atoms with Gasteiger partial charge in [-0.1, -0.05) is 6.92 Å². The Bertz CT molecular complexity index is 551. The second-order valence-electron chi connectivity index (χ2n) is 4.87. The van der Waals surface area contributed by atoms with E-state index < -0.39 is 10.0 Å². The van der Waals surface area contributed by atoms with Crippen LogP contribution in [0.4, 0.5) is 0 Å². The first kappa shape index (κ1) is 16.9. The Kier molecular flexibility index (Phi) is 6.15. The summed E-state index contributed by atoms with van der Waals surface area (Å²) in [6, 6.07) is 0. The summed E-state index contributed by atoms with van der Waals surface area (Å²) in [5, 5.41) is 5.05. The fraction of sp³-hybridized carbons (Fsp3) is 0.692. The Hall–Kier alpha value is -0.510. The lowest BCUT2D eigenvalue weighted by Crippen LogP contribution is -2.40. The van der Waals surface area contributed by atoms with Crippen LogP contribution in [0.3, 0.4) is 0 Å². The number of thiophene rings is 1. The highest BCUT2D eigenvalue weighted by molar-refractivity contribution is 7.89. The molecule has 0 radical (unpaired) electrons. The molecule has 2 heterocycles. The smallest absolute Gasteiger partial charge is 0.242 e. The maximum absolute atomic E-state index is 12.5. The zero-order valence-corrected chi connectivity index (χ0v) is 14.0. The van der Waals surface area contributed by atoms with Gasteiger partial charge in [0.15, 0.2) is 0 Å². The Morgan fingerprint density at radius 3 is 2.90 bits per heavy atom. The van der Waals surface area contributed by atoms with Crippen molar-refractivity contribution in [2.75, 3.05) is 32.9 Å². The van der Waals surface area contributed by atoms with Gasteiger partial charge in [0, 0.05) is 18.0 Å². The zero-order valence-electron chi connectivity index (χ0n) is 12.3. The summed E-state index contributed by atoms with van der Waals surface area (Å²) < 4.78 is 38.4. The molecule has 2 N–H and O–H groups in total. The minimum absolute atomic E-state index is 0.218. The summed E-state index contributed by atoms with van der Waals surface area (Å²) in [5.41, 5.74) is 0.779. The largest absolute Gasteiger partial charge is 0.376 e. The van der Waals surface area contributed by atoms with Gasteiger partial charge < -0.3 is 14.8 Å². The van der Waals surface area contributed by atoms with E-state index in [0.29, 0.717) is 31.3 Å². The SMILES string of the molecule is CCNCc1scc(C)c1S(=O)(=O)NCC1COCCO1. The summed E-state index contributed by atoms with van der Waals surface area (Å²) in [6.07, 6.45) is -0.218. The average molecular weight is 334 g/mol. The highest BCUT2D eigenvalue weighted by Gasteiger charge is 2.24. The molecule has 1 saturated heterocycles. The highest BCUT2D eigenvalue weighted by Crippen LogP contribution is 2.26. The molecule has 21 heavy (non-hydrogen) atoms. The van der Waals surface area contributed by atoms with Gasteiger partial charge in [-0.3, -0.25) is 0 Å². The molecule has 0 spiro atoms. The van der Waals surface area contributed by atoms with Crippen LogP contribution < -0.4 is 10.0 Å². The van der Waals surface area contributed by atoms with Crippen LogP contribution in [0.5, 0.6) is 0 Å². The van der Waals surface area contributed by atoms with E-state index in [-0.39, 0.29) is 12.6 Å². The minimum atomic E-state index is -3.52. The first-order valence-electron chi connectivity index (χ1n) is 7.01. The number of aryl methyl sites for hydroxylation is 1. The van der Waals surface area contributed by atoms with Crippen molar-refractivity contribution in [2.24, 2.45) is 0 Å². The van der Waals surface area contributed by atoms with Crippen molar-refractivity contribution in [3.8, 4) is 0 Å². The van der Waals surface area contributed by atoms with Crippen LogP contribution in [0.2, 0.25) is 0 Å². The lowest BCUT2D eigenvalue weighted by molar-refractivity contribution is -0.0846. The second kappa shape index (κ2) is 7.66. The molecule has 1 aromatic heterocycles. The van der Waals surface area contributed by atoms with Crippen LogP contribution in [-0.2, 0) is 26.0 Å². The summed E-state index contributed by atoms with van der Waals surface area (Å²) in [7, 11) is -3.52. The summed E-state index contributed by atoms with van der Waals surface area (Å²) in [6.45, 7) is 6.92. The highest BCUT2D eigenvalue weighted by atomic mass is 32.2. The summed E-state index contributed by atoms with van der Waals surface area (Å²) >= 11 is 1.47. The zero-order chi connectivity index (χ0) is 15.3. The lowest BCUT2D eigenvalue weighted by atomic mass is 10.3. The summed E-state index contributed by atoms with van der Waals surface area (Å²) in [5.74, 6) is 0. The molecule has 0 aliphatic carbocycles. The van der Waals surface area contributed by atoms with E-state index in [9.17, 15) is 8.42 Å². The standard InChI is InChI=1S/C13H22N2O4S2/c1-3-14-7-12-13(10(2)9-20-12)21(16,17)15-6-11-8-18-4-5-19-11/h9,11,14-15H,3-8H2,1-2H3. The van der Waals surface area contributed by atoms with Crippen LogP contribution in [-0.4, -0.2) is 47.4 Å². The molecule has 1 aromatic rings. The fourth-order valence-electron chi connectivity index (χ4n) is 2.14. The van der Waals surface area contributed by atoms with Crippen molar-refractivity contribution in [3.63, 3.8) is 0 Å². The van der Waals surface area contributed by atoms with E-state index >= 15 is 0 Å². The maximum atomic E-state index is 12.5. The Morgan fingerprint density at radius 2 is 2.24 bits per heavy atom. The number of hydrogen-bond donors (Lipinski definition) is 2. The van der Waals surface area contributed by atoms with Crippen molar-refractivity contribution in [1.82, 2.24) is 10.0 Å². The third kappa shape index (κ3) is 4.48. The van der Waals surface area contributed by atoms with Gasteiger partial charge in [0.25, 0.3) is 0 Å². The fourth-order valence-corrected chi connectivity index (χ4v) is 4.98. The molecule has 2 rings (SSSR count). The molecule has 1 fully saturated rings. The molecule has 1 aliphatic heterocycles. The Labute approximate surface area is 129 Å². The van der Waals surface area contributed by atoms with Gasteiger partial charge in [0.05, 0.1) is 25.9 Å². The van der Waals surface area contributed by atoms with Crippen LogP contribution >= 0.6 is 11.3 Å². The minimum Gasteiger partial charge on any atom is -0.376 e. The Morgan fingerprint density at radius 1 is 1.43 bits per heavy atom. The van der Waals surface area contributed by atoms with Gasteiger partial charge in [0.2, 0.25) is 10.0 Å². The molecule has 0 aromatic carbocycles. The molecule has 1 unspecified atom stereocenters. The predicted octanol–water partition coefficient (Wildman–Crippen LogP) is 0.860. The van der Waals surface area contributed by atoms with Gasteiger partial charge in [0.1, 0.15) is 4.90 Å². The number of nitrogens with one attached hydrogen (secondary N) is 2. The van der Waals surface area contributed by atoms with Crippen molar-refractivity contribution in [3.05, 3.63) is 15.8 Å².